The third kappa shape index (κ3) is 20.3. The molecule has 2 aliphatic rings. The molecule has 0 atom stereocenters. The summed E-state index contributed by atoms with van der Waals surface area (Å²) in [4.78, 5) is 52.1. The molecule has 4 aromatic carbocycles. The minimum atomic E-state index is -3.67. The average Bonchev–Trinajstić information content (AvgIpc) is 2.04. The molecule has 0 bridgehead atoms. The van der Waals surface area contributed by atoms with Crippen LogP contribution in [0, 0.1) is 11.3 Å². The van der Waals surface area contributed by atoms with Crippen molar-refractivity contribution in [3.8, 4) is 40.1 Å². The molecule has 0 unspecified atom stereocenters. The van der Waals surface area contributed by atoms with Crippen LogP contribution in [0.3, 0.4) is 0 Å². The van der Waals surface area contributed by atoms with Crippen molar-refractivity contribution in [1.29, 1.82) is 5.26 Å². The number of hydrogen-bond donors (Lipinski definition) is 6. The first-order valence-electron chi connectivity index (χ1n) is 28.0. The van der Waals surface area contributed by atoms with Crippen molar-refractivity contribution in [2.75, 3.05) is 124 Å². The van der Waals surface area contributed by atoms with Gasteiger partial charge in [-0.15, -0.1) is 0 Å². The predicted octanol–water partition coefficient (Wildman–Crippen LogP) is 8.85. The number of methoxy groups -OCH3 is 2. The molecule has 0 saturated carbocycles. The van der Waals surface area contributed by atoms with Gasteiger partial charge in [-0.25, -0.2) is 19.9 Å². The summed E-state index contributed by atoms with van der Waals surface area (Å²) in [5, 5.41) is 22.0. The van der Waals surface area contributed by atoms with E-state index >= 15 is 0 Å². The zero-order valence-electron chi connectivity index (χ0n) is 51.4. The first-order chi connectivity index (χ1) is 42.3. The smallest absolute Gasteiger partial charge is 0.261 e. The molecule has 2 amide bonds. The summed E-state index contributed by atoms with van der Waals surface area (Å²) in [5.74, 6) is 1.51. The number of nitriles is 1. The highest BCUT2D eigenvalue weighted by Gasteiger charge is 2.22. The van der Waals surface area contributed by atoms with Crippen LogP contribution >= 0.6 is 0 Å². The Balaban J connectivity index is 0.000000237. The molecule has 472 valence electrons. The second-order valence-corrected chi connectivity index (χ2v) is 23.5. The summed E-state index contributed by atoms with van der Waals surface area (Å²) in [6.07, 6.45) is 14.1. The number of benzene rings is 4. The van der Waals surface area contributed by atoms with Crippen molar-refractivity contribution >= 4 is 99.9 Å². The number of amides is 2. The Morgan fingerprint density at radius 2 is 0.989 bits per heavy atom. The third-order valence-electron chi connectivity index (χ3n) is 13.9. The number of carbonyl (C=O) groups is 2. The number of ether oxygens (including phenoxy) is 2. The zero-order chi connectivity index (χ0) is 65.0. The molecular formula is C62H77N15O10S2. The van der Waals surface area contributed by atoms with E-state index < -0.39 is 20.2 Å². The number of likely N-dealkylation sites (tertiary alicyclic amines) is 2. The fraction of sp³-hybridized carbons (Fsp3) is 0.306. The summed E-state index contributed by atoms with van der Waals surface area (Å²) in [6.45, 7) is 16.7. The van der Waals surface area contributed by atoms with Gasteiger partial charge in [-0.2, -0.15) is 22.1 Å². The van der Waals surface area contributed by atoms with Crippen LogP contribution in [0.25, 0.3) is 44.3 Å². The molecule has 4 aromatic heterocycles. The average molecular weight is 1260 g/mol. The highest BCUT2D eigenvalue weighted by Crippen LogP contribution is 2.40. The van der Waals surface area contributed by atoms with Crippen LogP contribution < -0.4 is 40.5 Å². The fourth-order valence-electron chi connectivity index (χ4n) is 9.38. The van der Waals surface area contributed by atoms with Crippen LogP contribution in [0.4, 0.5) is 46.0 Å². The maximum Gasteiger partial charge on any atom is 0.261 e. The van der Waals surface area contributed by atoms with Gasteiger partial charge in [-0.3, -0.25) is 18.7 Å². The van der Waals surface area contributed by atoms with Crippen molar-refractivity contribution in [2.45, 2.75) is 19.8 Å². The van der Waals surface area contributed by atoms with Crippen molar-refractivity contribution < 1.29 is 45.0 Å². The van der Waals surface area contributed by atoms with Gasteiger partial charge >= 0.3 is 0 Å². The van der Waals surface area contributed by atoms with E-state index in [4.69, 9.17) is 33.8 Å². The number of nitrogens with zero attached hydrogens (tertiary/aromatic N) is 11. The lowest BCUT2D eigenvalue weighted by Crippen LogP contribution is -2.42. The Morgan fingerprint density at radius 3 is 1.30 bits per heavy atom. The van der Waals surface area contributed by atoms with E-state index in [1.807, 2.05) is 88.9 Å². The molecule has 6 N–H and O–H groups in total. The maximum atomic E-state index is 12.3. The topological polar surface area (TPSA) is 308 Å². The minimum absolute atomic E-state index is 0.285. The number of nitrogens with one attached hydrogen (secondary N) is 4. The number of carbonyl (C=O) groups excluding carboxylic acids is 2. The normalized spacial score (nSPS) is 12.6. The first-order valence-corrected chi connectivity index (χ1v) is 31.7. The standard InChI is InChI=1S/2C29H33N7O2.C2H3N.2CH4O3S/c2*1-5-28(37)31-23-17-24(27(38-4)18-26(23)34(2)15-16-36-13-8-14-36)33-29-30-12-11-22(32-29)21-19-35(3)25-10-7-6-9-20(21)25;1-2-3;2*1-5(2,3)4/h2*5-7,9-12,17-19H,1,8,13-16H2,2-4H3,(H,31,37)(H,30,32,33);1H3;2*1H3,(H,2,3,4). The zero-order valence-corrected chi connectivity index (χ0v) is 53.1. The largest absolute Gasteiger partial charge is 0.494 e. The summed E-state index contributed by atoms with van der Waals surface area (Å²) >= 11 is 0. The van der Waals surface area contributed by atoms with Crippen LogP contribution in [-0.4, -0.2) is 170 Å². The summed E-state index contributed by atoms with van der Waals surface area (Å²) in [6, 6.07) is 29.6. The van der Waals surface area contributed by atoms with Gasteiger partial charge in [-0.05, 0) is 87.6 Å². The molecule has 2 saturated heterocycles. The fourth-order valence-corrected chi connectivity index (χ4v) is 9.38. The Kier molecular flexibility index (Phi) is 24.7. The molecule has 2 aliphatic heterocycles. The van der Waals surface area contributed by atoms with Crippen LogP contribution in [-0.2, 0) is 43.9 Å². The molecule has 0 spiro atoms. The lowest BCUT2D eigenvalue weighted by atomic mass is 10.1. The number of anilines is 8. The van der Waals surface area contributed by atoms with Gasteiger partial charge in [0.05, 0.1) is 78.3 Å². The van der Waals surface area contributed by atoms with Gasteiger partial charge in [-0.1, -0.05) is 49.6 Å². The van der Waals surface area contributed by atoms with Gasteiger partial charge < -0.3 is 59.5 Å². The number of fused-ring (bicyclic) bond motifs is 2. The highest BCUT2D eigenvalue weighted by atomic mass is 32.2. The monoisotopic (exact) mass is 1260 g/mol. The van der Waals surface area contributed by atoms with Gasteiger partial charge in [0.2, 0.25) is 23.7 Å². The molecule has 25 nitrogen and oxygen atoms in total. The van der Waals surface area contributed by atoms with E-state index in [1.165, 1.54) is 31.9 Å². The number of hydrogen-bond acceptors (Lipinski definition) is 19. The van der Waals surface area contributed by atoms with Gasteiger partial charge in [0, 0.05) is 131 Å². The molecule has 2 fully saturated rings. The Morgan fingerprint density at radius 1 is 0.640 bits per heavy atom. The van der Waals surface area contributed by atoms with Gasteiger partial charge in [0.1, 0.15) is 11.5 Å². The second-order valence-electron chi connectivity index (χ2n) is 20.6. The van der Waals surface area contributed by atoms with E-state index in [1.54, 1.807) is 32.7 Å². The van der Waals surface area contributed by atoms with E-state index in [2.05, 4.69) is 110 Å². The lowest BCUT2D eigenvalue weighted by Gasteiger charge is -2.33. The van der Waals surface area contributed by atoms with E-state index in [0.29, 0.717) is 58.7 Å². The van der Waals surface area contributed by atoms with Crippen LogP contribution in [0.2, 0.25) is 0 Å². The van der Waals surface area contributed by atoms with Crippen LogP contribution in [0.5, 0.6) is 11.5 Å². The molecule has 8 aromatic rings. The third-order valence-corrected chi connectivity index (χ3v) is 13.9. The van der Waals surface area contributed by atoms with Crippen molar-refractivity contribution in [3.05, 3.63) is 135 Å². The summed E-state index contributed by atoms with van der Waals surface area (Å²) in [7, 11) is 4.00. The Bertz CT molecular complexity index is 3780. The number of para-hydroxylation sites is 2. The highest BCUT2D eigenvalue weighted by molar-refractivity contribution is 7.85. The van der Waals surface area contributed by atoms with E-state index in [9.17, 15) is 26.4 Å². The second kappa shape index (κ2) is 32.0. The summed E-state index contributed by atoms with van der Waals surface area (Å²) < 4.78 is 67.4. The number of rotatable bonds is 20. The van der Waals surface area contributed by atoms with Crippen molar-refractivity contribution in [1.82, 2.24) is 38.9 Å². The number of aromatic nitrogens is 6. The predicted molar refractivity (Wildman–Crippen MR) is 353 cm³/mol. The molecule has 89 heavy (non-hydrogen) atoms. The molecule has 27 heteroatoms. The number of likely N-dealkylation sites (N-methyl/N-ethyl adjacent to an activating group) is 2. The molecule has 0 radical (unpaired) electrons. The maximum absolute atomic E-state index is 12.3. The quantitative estimate of drug-likeness (QED) is 0.0306. The molecule has 10 rings (SSSR count). The molecular weight excluding hydrogens is 1180 g/mol. The number of aryl methyl sites for hydroxylation is 2. The van der Waals surface area contributed by atoms with Crippen LogP contribution in [0.1, 0.15) is 19.8 Å². The molecule has 6 heterocycles. The van der Waals surface area contributed by atoms with Gasteiger partial charge in [0.15, 0.2) is 0 Å². The Labute approximate surface area is 519 Å². The Hall–Kier alpha value is -9.43. The van der Waals surface area contributed by atoms with Gasteiger partial charge in [0.25, 0.3) is 20.2 Å². The van der Waals surface area contributed by atoms with Crippen molar-refractivity contribution in [3.63, 3.8) is 0 Å². The van der Waals surface area contributed by atoms with Crippen molar-refractivity contribution in [2.24, 2.45) is 14.1 Å². The minimum Gasteiger partial charge on any atom is -0.494 e. The first kappa shape index (κ1) is 68.7. The molecule has 0 aliphatic carbocycles. The van der Waals surface area contributed by atoms with Crippen LogP contribution in [0.15, 0.2) is 135 Å². The van der Waals surface area contributed by atoms with E-state index in [-0.39, 0.29) is 11.8 Å². The lowest BCUT2D eigenvalue weighted by molar-refractivity contribution is -0.112. The SMILES string of the molecule is C=CC(=O)Nc1cc(Nc2nccc(-c3cn(C)c4ccccc34)n2)c(OC)cc1N(C)CCN1CCC1.C=CC(=O)Nc1cc(Nc2nccc(-c3cn(C)c4ccccc34)n2)c(OC)cc1N(C)CCN1CCC1.CC#N.CS(=O)(=O)O.CS(=O)(=O)O. The summed E-state index contributed by atoms with van der Waals surface area (Å²) in [5.41, 5.74) is 10.2. The van der Waals surface area contributed by atoms with E-state index in [0.717, 1.165) is 108 Å².